The lowest BCUT2D eigenvalue weighted by molar-refractivity contribution is 0.572. The summed E-state index contributed by atoms with van der Waals surface area (Å²) >= 11 is 0. The largest absolute Gasteiger partial charge is 0.361 e. The first kappa shape index (κ1) is 19.4. The number of nitrogens with zero attached hydrogens (tertiary/aromatic N) is 1. The van der Waals surface area contributed by atoms with Gasteiger partial charge in [-0.25, -0.2) is 0 Å². The van der Waals surface area contributed by atoms with Crippen LogP contribution in [0.3, 0.4) is 0 Å². The molecule has 1 aliphatic heterocycles. The Balaban J connectivity index is 1.85. The molecule has 2 nitrogen and oxygen atoms in total. The average Bonchev–Trinajstić information content (AvgIpc) is 3.17. The average molecular weight is 383 g/mol. The number of rotatable bonds is 3. The first-order chi connectivity index (χ1) is 13.9. The Hall–Kier alpha value is -2.87. The van der Waals surface area contributed by atoms with Crippen LogP contribution in [0.1, 0.15) is 62.2 Å². The van der Waals surface area contributed by atoms with Gasteiger partial charge in [-0.2, -0.15) is 0 Å². The van der Waals surface area contributed by atoms with Gasteiger partial charge < -0.3 is 5.32 Å². The molecule has 0 aliphatic carbocycles. The number of hydrogen-bond donors (Lipinski definition) is 1. The second-order valence-corrected chi connectivity index (χ2v) is 8.37. The van der Waals surface area contributed by atoms with Crippen LogP contribution < -0.4 is 5.32 Å². The Kier molecular flexibility index (Phi) is 5.04. The highest BCUT2D eigenvalue weighted by Gasteiger charge is 2.33. The van der Waals surface area contributed by atoms with E-state index in [0.717, 1.165) is 5.84 Å². The molecule has 0 spiro atoms. The highest BCUT2D eigenvalue weighted by molar-refractivity contribution is 6.03. The van der Waals surface area contributed by atoms with Crippen molar-refractivity contribution in [2.75, 3.05) is 0 Å². The molecule has 0 aromatic heterocycles. The minimum absolute atomic E-state index is 0.0645. The van der Waals surface area contributed by atoms with E-state index in [1.807, 2.05) is 0 Å². The summed E-state index contributed by atoms with van der Waals surface area (Å²) < 4.78 is 0. The summed E-state index contributed by atoms with van der Waals surface area (Å²) in [6.45, 7) is 13.3. The van der Waals surface area contributed by atoms with E-state index in [-0.39, 0.29) is 12.1 Å². The standard InChI is InChI=1S/C27H30N2/c1-16-12-14-23(15-13-16)26-25(22-10-8-7-9-11-22)28-27(29-26)24-20(5)18(3)17(2)19(4)21(24)6/h7-15,25-26H,1-6H3,(H,28,29)/t25-,26+/m0/s1. The third kappa shape index (κ3) is 3.37. The summed E-state index contributed by atoms with van der Waals surface area (Å²) in [5.41, 5.74) is 11.8. The molecule has 0 saturated heterocycles. The fourth-order valence-electron chi connectivity index (χ4n) is 4.43. The van der Waals surface area contributed by atoms with Gasteiger partial charge in [-0.15, -0.1) is 0 Å². The van der Waals surface area contributed by atoms with E-state index in [9.17, 15) is 0 Å². The van der Waals surface area contributed by atoms with E-state index < -0.39 is 0 Å². The van der Waals surface area contributed by atoms with Gasteiger partial charge in [0.15, 0.2) is 0 Å². The molecule has 3 aromatic carbocycles. The van der Waals surface area contributed by atoms with Crippen LogP contribution in [-0.4, -0.2) is 5.84 Å². The number of aryl methyl sites for hydroxylation is 1. The lowest BCUT2D eigenvalue weighted by atomic mass is 9.89. The second kappa shape index (κ2) is 7.51. The zero-order chi connectivity index (χ0) is 20.7. The maximum Gasteiger partial charge on any atom is 0.130 e. The number of hydrogen-bond acceptors (Lipinski definition) is 2. The number of amidine groups is 1. The van der Waals surface area contributed by atoms with Crippen molar-refractivity contribution in [1.82, 2.24) is 5.32 Å². The monoisotopic (exact) mass is 382 g/mol. The maximum absolute atomic E-state index is 5.25. The highest BCUT2D eigenvalue weighted by atomic mass is 15.1. The Morgan fingerprint density at radius 3 is 1.76 bits per heavy atom. The maximum atomic E-state index is 5.25. The molecular formula is C27H30N2. The third-order valence-electron chi connectivity index (χ3n) is 6.69. The van der Waals surface area contributed by atoms with Crippen LogP contribution in [0.5, 0.6) is 0 Å². The molecule has 148 valence electrons. The van der Waals surface area contributed by atoms with Crippen LogP contribution in [0.4, 0.5) is 0 Å². The van der Waals surface area contributed by atoms with Gasteiger partial charge in [0.25, 0.3) is 0 Å². The molecule has 0 saturated carbocycles. The van der Waals surface area contributed by atoms with Gasteiger partial charge in [0.1, 0.15) is 11.9 Å². The van der Waals surface area contributed by atoms with Crippen molar-refractivity contribution in [2.24, 2.45) is 4.99 Å². The van der Waals surface area contributed by atoms with Crippen molar-refractivity contribution in [3.8, 4) is 0 Å². The minimum Gasteiger partial charge on any atom is -0.361 e. The molecular weight excluding hydrogens is 352 g/mol. The second-order valence-electron chi connectivity index (χ2n) is 8.37. The van der Waals surface area contributed by atoms with Crippen LogP contribution in [0.15, 0.2) is 59.6 Å². The summed E-state index contributed by atoms with van der Waals surface area (Å²) in [6.07, 6.45) is 0. The molecule has 0 unspecified atom stereocenters. The van der Waals surface area contributed by atoms with Crippen molar-refractivity contribution in [2.45, 2.75) is 53.6 Å². The molecule has 0 radical (unpaired) electrons. The van der Waals surface area contributed by atoms with Crippen LogP contribution in [-0.2, 0) is 0 Å². The van der Waals surface area contributed by atoms with E-state index in [0.29, 0.717) is 0 Å². The summed E-state index contributed by atoms with van der Waals surface area (Å²) in [5.74, 6) is 1.02. The molecule has 0 bridgehead atoms. The fourth-order valence-corrected chi connectivity index (χ4v) is 4.43. The summed E-state index contributed by atoms with van der Waals surface area (Å²) in [7, 11) is 0. The predicted molar refractivity (Wildman–Crippen MR) is 123 cm³/mol. The summed E-state index contributed by atoms with van der Waals surface area (Å²) in [4.78, 5) is 5.25. The summed E-state index contributed by atoms with van der Waals surface area (Å²) in [5, 5.41) is 3.80. The molecule has 4 rings (SSSR count). The fraction of sp³-hybridized carbons (Fsp3) is 0.296. The van der Waals surface area contributed by atoms with Crippen LogP contribution >= 0.6 is 0 Å². The van der Waals surface area contributed by atoms with Gasteiger partial charge >= 0.3 is 0 Å². The van der Waals surface area contributed by atoms with E-state index >= 15 is 0 Å². The zero-order valence-corrected chi connectivity index (χ0v) is 18.3. The quantitative estimate of drug-likeness (QED) is 0.559. The lowest BCUT2D eigenvalue weighted by Crippen LogP contribution is -2.27. The number of benzene rings is 3. The Morgan fingerprint density at radius 2 is 1.17 bits per heavy atom. The van der Waals surface area contributed by atoms with Gasteiger partial charge in [0.2, 0.25) is 0 Å². The molecule has 0 fully saturated rings. The van der Waals surface area contributed by atoms with E-state index in [4.69, 9.17) is 4.99 Å². The molecule has 29 heavy (non-hydrogen) atoms. The molecule has 3 aromatic rings. The van der Waals surface area contributed by atoms with E-state index in [2.05, 4.69) is 101 Å². The molecule has 1 aliphatic rings. The van der Waals surface area contributed by atoms with Gasteiger partial charge in [0.05, 0.1) is 6.04 Å². The van der Waals surface area contributed by atoms with Crippen molar-refractivity contribution in [3.05, 3.63) is 105 Å². The molecule has 1 heterocycles. The third-order valence-corrected chi connectivity index (χ3v) is 6.69. The van der Waals surface area contributed by atoms with E-state index in [1.54, 1.807) is 0 Å². The first-order valence-corrected chi connectivity index (χ1v) is 10.4. The molecule has 2 heteroatoms. The van der Waals surface area contributed by atoms with Crippen molar-refractivity contribution in [3.63, 3.8) is 0 Å². The SMILES string of the molecule is Cc1ccc([C@H]2NC(c3c(C)c(C)c(C)c(C)c3C)=N[C@H]2c2ccccc2)cc1. The van der Waals surface area contributed by atoms with Gasteiger partial charge in [-0.3, -0.25) is 4.99 Å². The highest BCUT2D eigenvalue weighted by Crippen LogP contribution is 2.38. The van der Waals surface area contributed by atoms with Crippen molar-refractivity contribution < 1.29 is 0 Å². The van der Waals surface area contributed by atoms with Crippen molar-refractivity contribution >= 4 is 5.84 Å². The molecule has 0 amide bonds. The minimum atomic E-state index is 0.0645. The lowest BCUT2D eigenvalue weighted by Gasteiger charge is -2.21. The first-order valence-electron chi connectivity index (χ1n) is 10.4. The smallest absolute Gasteiger partial charge is 0.130 e. The Morgan fingerprint density at radius 1 is 0.621 bits per heavy atom. The number of nitrogens with one attached hydrogen (secondary N) is 1. The van der Waals surface area contributed by atoms with Gasteiger partial charge in [-0.1, -0.05) is 60.2 Å². The van der Waals surface area contributed by atoms with Crippen LogP contribution in [0.25, 0.3) is 0 Å². The van der Waals surface area contributed by atoms with Gasteiger partial charge in [-0.05, 0) is 80.5 Å². The van der Waals surface area contributed by atoms with Crippen LogP contribution in [0.2, 0.25) is 0 Å². The normalized spacial score (nSPS) is 18.5. The predicted octanol–water partition coefficient (Wildman–Crippen LogP) is 6.37. The van der Waals surface area contributed by atoms with Crippen molar-refractivity contribution in [1.29, 1.82) is 0 Å². The Bertz CT molecular complexity index is 1050. The van der Waals surface area contributed by atoms with E-state index in [1.165, 1.54) is 50.1 Å². The Labute approximate surface area is 174 Å². The zero-order valence-electron chi connectivity index (χ0n) is 18.3. The number of aliphatic imine (C=N–C) groups is 1. The summed E-state index contributed by atoms with van der Waals surface area (Å²) in [6, 6.07) is 19.7. The molecule has 2 atom stereocenters. The topological polar surface area (TPSA) is 24.4 Å². The van der Waals surface area contributed by atoms with Gasteiger partial charge in [0, 0.05) is 5.56 Å². The van der Waals surface area contributed by atoms with Crippen LogP contribution in [0, 0.1) is 41.5 Å². The molecule has 1 N–H and O–H groups in total.